The third-order valence-electron chi connectivity index (χ3n) is 3.29. The molecule has 0 bridgehead atoms. The lowest BCUT2D eigenvalue weighted by Gasteiger charge is -2.34. The van der Waals surface area contributed by atoms with Crippen LogP contribution in [0.25, 0.3) is 0 Å². The summed E-state index contributed by atoms with van der Waals surface area (Å²) < 4.78 is 5.41. The summed E-state index contributed by atoms with van der Waals surface area (Å²) in [5, 5.41) is 0. The molecule has 0 N–H and O–H groups in total. The van der Waals surface area contributed by atoms with E-state index in [0.717, 1.165) is 25.9 Å². The number of carbonyl (C=O) groups excluding carboxylic acids is 1. The zero-order chi connectivity index (χ0) is 15.2. The number of hydrogen-bond donors (Lipinski definition) is 0. The van der Waals surface area contributed by atoms with E-state index in [1.54, 1.807) is 0 Å². The predicted octanol–water partition coefficient (Wildman–Crippen LogP) is 4.32. The third-order valence-corrected chi connectivity index (χ3v) is 3.29. The van der Waals surface area contributed by atoms with E-state index in [1.165, 1.54) is 5.57 Å². The lowest BCUT2D eigenvalue weighted by molar-refractivity contribution is 0.0195. The first-order chi connectivity index (χ1) is 9.37. The number of nitrogens with zero attached hydrogens (tertiary/aromatic N) is 1. The smallest absolute Gasteiger partial charge is 0.410 e. The molecule has 0 spiro atoms. The largest absolute Gasteiger partial charge is 0.444 e. The average Bonchev–Trinajstić information content (AvgIpc) is 2.37. The van der Waals surface area contributed by atoms with Crippen LogP contribution in [0.2, 0.25) is 0 Å². The van der Waals surface area contributed by atoms with Gasteiger partial charge in [-0.3, -0.25) is 0 Å². The number of piperidine rings is 1. The maximum Gasteiger partial charge on any atom is 0.410 e. The molecule has 1 heterocycles. The number of hydrogen-bond acceptors (Lipinski definition) is 2. The van der Waals surface area contributed by atoms with Crippen LogP contribution in [0.15, 0.2) is 36.5 Å². The normalized spacial score (nSPS) is 18.4. The van der Waals surface area contributed by atoms with Crippen LogP contribution in [-0.2, 0) is 4.74 Å². The summed E-state index contributed by atoms with van der Waals surface area (Å²) >= 11 is 0. The molecule has 1 saturated heterocycles. The van der Waals surface area contributed by atoms with Gasteiger partial charge in [0.2, 0.25) is 0 Å². The maximum atomic E-state index is 12.0. The van der Waals surface area contributed by atoms with Crippen molar-refractivity contribution in [2.75, 3.05) is 13.1 Å². The lowest BCUT2D eigenvalue weighted by Crippen LogP contribution is -2.41. The monoisotopic (exact) mass is 277 g/mol. The molecule has 112 valence electrons. The average molecular weight is 277 g/mol. The molecule has 0 unspecified atom stereocenters. The molecule has 0 radical (unpaired) electrons. The van der Waals surface area contributed by atoms with Crippen LogP contribution in [0.1, 0.15) is 40.5 Å². The van der Waals surface area contributed by atoms with Gasteiger partial charge in [-0.15, -0.1) is 0 Å². The van der Waals surface area contributed by atoms with Crippen LogP contribution in [-0.4, -0.2) is 29.7 Å². The Morgan fingerprint density at radius 1 is 1.30 bits per heavy atom. The molecule has 1 aliphatic rings. The topological polar surface area (TPSA) is 29.5 Å². The second kappa shape index (κ2) is 7.32. The van der Waals surface area contributed by atoms with E-state index in [1.807, 2.05) is 38.7 Å². The van der Waals surface area contributed by atoms with Gasteiger partial charge >= 0.3 is 6.09 Å². The van der Waals surface area contributed by atoms with Gasteiger partial charge in [0, 0.05) is 13.1 Å². The second-order valence-electron chi connectivity index (χ2n) is 6.14. The van der Waals surface area contributed by atoms with E-state index in [0.29, 0.717) is 5.92 Å². The van der Waals surface area contributed by atoms with Gasteiger partial charge in [0.05, 0.1) is 0 Å². The van der Waals surface area contributed by atoms with Gasteiger partial charge in [0.1, 0.15) is 5.60 Å². The van der Waals surface area contributed by atoms with E-state index >= 15 is 0 Å². The first kappa shape index (κ1) is 16.5. The van der Waals surface area contributed by atoms with Gasteiger partial charge < -0.3 is 9.64 Å². The van der Waals surface area contributed by atoms with Crippen molar-refractivity contribution in [3.8, 4) is 0 Å². The number of allylic oxidation sites excluding steroid dienone is 5. The van der Waals surface area contributed by atoms with E-state index < -0.39 is 5.60 Å². The quantitative estimate of drug-likeness (QED) is 0.719. The van der Waals surface area contributed by atoms with Crippen molar-refractivity contribution < 1.29 is 9.53 Å². The molecule has 0 aromatic carbocycles. The number of carbonyl (C=O) groups is 1. The lowest BCUT2D eigenvalue weighted by atomic mass is 9.88. The molecule has 0 aliphatic carbocycles. The molecule has 1 aliphatic heterocycles. The third kappa shape index (κ3) is 5.24. The Morgan fingerprint density at radius 2 is 1.90 bits per heavy atom. The zero-order valence-electron chi connectivity index (χ0n) is 13.2. The van der Waals surface area contributed by atoms with Gasteiger partial charge in [-0.05, 0) is 52.0 Å². The molecule has 1 fully saturated rings. The molecular weight excluding hydrogens is 250 g/mol. The highest BCUT2D eigenvalue weighted by molar-refractivity contribution is 5.68. The maximum absolute atomic E-state index is 12.0. The summed E-state index contributed by atoms with van der Waals surface area (Å²) in [5.74, 6) is 0.503. The molecule has 3 heteroatoms. The molecule has 0 aromatic rings. The number of rotatable bonds is 3. The van der Waals surface area contributed by atoms with Crippen molar-refractivity contribution in [1.29, 1.82) is 0 Å². The Bertz CT molecular complexity index is 394. The van der Waals surface area contributed by atoms with Crippen molar-refractivity contribution >= 4 is 6.09 Å². The Labute approximate surface area is 123 Å². The summed E-state index contributed by atoms with van der Waals surface area (Å²) in [6, 6.07) is 0. The van der Waals surface area contributed by atoms with E-state index in [2.05, 4.69) is 24.8 Å². The van der Waals surface area contributed by atoms with Crippen molar-refractivity contribution in [2.24, 2.45) is 5.92 Å². The Kier molecular flexibility index (Phi) is 6.05. The van der Waals surface area contributed by atoms with Crippen molar-refractivity contribution in [2.45, 2.75) is 46.1 Å². The summed E-state index contributed by atoms with van der Waals surface area (Å²) in [4.78, 5) is 13.8. The first-order valence-corrected chi connectivity index (χ1v) is 7.30. The van der Waals surface area contributed by atoms with Crippen molar-refractivity contribution in [1.82, 2.24) is 4.90 Å². The number of ether oxygens (including phenoxy) is 1. The van der Waals surface area contributed by atoms with Gasteiger partial charge in [0.25, 0.3) is 0 Å². The number of amides is 1. The van der Waals surface area contributed by atoms with E-state index in [9.17, 15) is 4.79 Å². The Morgan fingerprint density at radius 3 is 2.35 bits per heavy atom. The van der Waals surface area contributed by atoms with Crippen LogP contribution in [0.5, 0.6) is 0 Å². The van der Waals surface area contributed by atoms with Crippen LogP contribution in [0.3, 0.4) is 0 Å². The van der Waals surface area contributed by atoms with Crippen LogP contribution < -0.4 is 0 Å². The summed E-state index contributed by atoms with van der Waals surface area (Å²) in [6.45, 7) is 13.0. The van der Waals surface area contributed by atoms with E-state index in [4.69, 9.17) is 4.74 Å². The fourth-order valence-corrected chi connectivity index (χ4v) is 2.38. The van der Waals surface area contributed by atoms with Gasteiger partial charge in [-0.1, -0.05) is 30.9 Å². The molecule has 0 aromatic heterocycles. The zero-order valence-corrected chi connectivity index (χ0v) is 13.2. The Balaban J connectivity index is 2.57. The Hall–Kier alpha value is -1.51. The van der Waals surface area contributed by atoms with Gasteiger partial charge in [-0.25, -0.2) is 4.79 Å². The highest BCUT2D eigenvalue weighted by Gasteiger charge is 2.27. The minimum atomic E-state index is -0.424. The molecule has 1 rings (SSSR count). The van der Waals surface area contributed by atoms with Crippen molar-refractivity contribution in [3.63, 3.8) is 0 Å². The molecule has 3 nitrogen and oxygen atoms in total. The van der Waals surface area contributed by atoms with Gasteiger partial charge in [-0.2, -0.15) is 0 Å². The van der Waals surface area contributed by atoms with Crippen LogP contribution in [0.4, 0.5) is 4.79 Å². The fourth-order valence-electron chi connectivity index (χ4n) is 2.38. The van der Waals surface area contributed by atoms with Gasteiger partial charge in [0.15, 0.2) is 0 Å². The first-order valence-electron chi connectivity index (χ1n) is 7.30. The molecule has 1 amide bonds. The standard InChI is InChI=1S/C17H27NO2/c1-6-8-14(9-7-2)15-10-12-18(13-11-15)16(19)20-17(3,4)5/h6-9,15H,1,10-13H2,2-5H3/b9-7-,14-8+. The second-order valence-corrected chi connectivity index (χ2v) is 6.14. The molecular formula is C17H27NO2. The summed E-state index contributed by atoms with van der Waals surface area (Å²) in [6.07, 6.45) is 9.83. The molecule has 0 atom stereocenters. The van der Waals surface area contributed by atoms with Crippen LogP contribution >= 0.6 is 0 Å². The summed E-state index contributed by atoms with van der Waals surface area (Å²) in [5.41, 5.74) is 0.874. The predicted molar refractivity (Wildman–Crippen MR) is 83.6 cm³/mol. The molecule has 20 heavy (non-hydrogen) atoms. The fraction of sp³-hybridized carbons (Fsp3) is 0.588. The summed E-state index contributed by atoms with van der Waals surface area (Å²) in [7, 11) is 0. The van der Waals surface area contributed by atoms with Crippen molar-refractivity contribution in [3.05, 3.63) is 36.5 Å². The SMILES string of the molecule is C=C/C=C(\C=C/C)C1CCN(C(=O)OC(C)(C)C)CC1. The minimum Gasteiger partial charge on any atom is -0.444 e. The molecule has 0 saturated carbocycles. The highest BCUT2D eigenvalue weighted by Crippen LogP contribution is 2.26. The highest BCUT2D eigenvalue weighted by atomic mass is 16.6. The minimum absolute atomic E-state index is 0.198. The van der Waals surface area contributed by atoms with E-state index in [-0.39, 0.29) is 6.09 Å². The number of likely N-dealkylation sites (tertiary alicyclic amines) is 1. The van der Waals surface area contributed by atoms with Crippen LogP contribution in [0, 0.1) is 5.92 Å².